The molecule has 0 amide bonds. The van der Waals surface area contributed by atoms with Crippen LogP contribution in [-0.2, 0) is 6.54 Å². The Morgan fingerprint density at radius 3 is 2.60 bits per heavy atom. The number of nitrogens with zero attached hydrogens (tertiary/aromatic N) is 1. The van der Waals surface area contributed by atoms with Gasteiger partial charge in [0.05, 0.1) is 0 Å². The first-order chi connectivity index (χ1) is 9.74. The molecule has 0 aromatic heterocycles. The molecule has 0 radical (unpaired) electrons. The fraction of sp³-hybridized carbons (Fsp3) is 0.235. The van der Waals surface area contributed by atoms with Gasteiger partial charge in [-0.25, -0.2) is 4.39 Å². The van der Waals surface area contributed by atoms with Crippen LogP contribution < -0.4 is 0 Å². The van der Waals surface area contributed by atoms with Gasteiger partial charge in [0.1, 0.15) is 5.82 Å². The Balaban J connectivity index is 1.90. The minimum absolute atomic E-state index is 0.111. The molecule has 0 unspecified atom stereocenters. The highest BCUT2D eigenvalue weighted by Crippen LogP contribution is 2.19. The van der Waals surface area contributed by atoms with Crippen LogP contribution in [0.2, 0.25) is 0 Å². The molecule has 0 saturated carbocycles. The van der Waals surface area contributed by atoms with Crippen LogP contribution in [0.1, 0.15) is 27.9 Å². The van der Waals surface area contributed by atoms with Crippen LogP contribution in [0.25, 0.3) is 0 Å². The van der Waals surface area contributed by atoms with Crippen LogP contribution in [0, 0.1) is 5.82 Å². The molecular weight excluding hydrogens is 253 g/mol. The van der Waals surface area contributed by atoms with Gasteiger partial charge in [0.15, 0.2) is 5.78 Å². The molecule has 2 aromatic carbocycles. The molecule has 2 nitrogen and oxygen atoms in total. The van der Waals surface area contributed by atoms with Gasteiger partial charge in [0.2, 0.25) is 0 Å². The van der Waals surface area contributed by atoms with Gasteiger partial charge in [-0.15, -0.1) is 0 Å². The smallest absolute Gasteiger partial charge is 0.193 e. The first-order valence-corrected chi connectivity index (χ1v) is 6.84. The molecule has 0 atom stereocenters. The van der Waals surface area contributed by atoms with Gasteiger partial charge >= 0.3 is 0 Å². The SMILES string of the molecule is O=C(c1cccc(F)c1)c1ccccc1CN1CCC1. The van der Waals surface area contributed by atoms with Crippen molar-refractivity contribution in [2.75, 3.05) is 13.1 Å². The first-order valence-electron chi connectivity index (χ1n) is 6.84. The number of benzene rings is 2. The number of rotatable bonds is 4. The topological polar surface area (TPSA) is 20.3 Å². The van der Waals surface area contributed by atoms with E-state index in [2.05, 4.69) is 4.90 Å². The van der Waals surface area contributed by atoms with Gasteiger partial charge in [-0.2, -0.15) is 0 Å². The number of halogens is 1. The molecule has 1 heterocycles. The van der Waals surface area contributed by atoms with E-state index in [-0.39, 0.29) is 11.6 Å². The minimum atomic E-state index is -0.379. The summed E-state index contributed by atoms with van der Waals surface area (Å²) >= 11 is 0. The largest absolute Gasteiger partial charge is 0.299 e. The monoisotopic (exact) mass is 269 g/mol. The summed E-state index contributed by atoms with van der Waals surface area (Å²) in [6, 6.07) is 13.5. The number of hydrogen-bond acceptors (Lipinski definition) is 2. The zero-order valence-corrected chi connectivity index (χ0v) is 11.2. The number of carbonyl (C=O) groups excluding carboxylic acids is 1. The lowest BCUT2D eigenvalue weighted by molar-refractivity contribution is 0.103. The highest BCUT2D eigenvalue weighted by Gasteiger charge is 2.18. The Hall–Kier alpha value is -2.00. The molecule has 2 aromatic rings. The molecule has 1 aliphatic rings. The van der Waals surface area contributed by atoms with Crippen LogP contribution in [0.15, 0.2) is 48.5 Å². The van der Waals surface area contributed by atoms with Crippen LogP contribution in [-0.4, -0.2) is 23.8 Å². The van der Waals surface area contributed by atoms with E-state index in [1.54, 1.807) is 12.1 Å². The fourth-order valence-electron chi connectivity index (χ4n) is 2.45. The molecule has 1 saturated heterocycles. The van der Waals surface area contributed by atoms with E-state index >= 15 is 0 Å². The van der Waals surface area contributed by atoms with Crippen molar-refractivity contribution < 1.29 is 9.18 Å². The molecule has 1 fully saturated rings. The quantitative estimate of drug-likeness (QED) is 0.794. The molecule has 0 spiro atoms. The predicted octanol–water partition coefficient (Wildman–Crippen LogP) is 3.26. The second-order valence-electron chi connectivity index (χ2n) is 5.13. The first kappa shape index (κ1) is 13.0. The Labute approximate surface area is 117 Å². The number of likely N-dealkylation sites (tertiary alicyclic amines) is 1. The van der Waals surface area contributed by atoms with E-state index < -0.39 is 0 Å². The van der Waals surface area contributed by atoms with Crippen molar-refractivity contribution in [1.29, 1.82) is 0 Å². The van der Waals surface area contributed by atoms with Crippen molar-refractivity contribution in [3.05, 3.63) is 71.0 Å². The third-order valence-electron chi connectivity index (χ3n) is 3.69. The summed E-state index contributed by atoms with van der Waals surface area (Å²) in [5.41, 5.74) is 2.09. The minimum Gasteiger partial charge on any atom is -0.299 e. The lowest BCUT2D eigenvalue weighted by atomic mass is 9.97. The lowest BCUT2D eigenvalue weighted by Gasteiger charge is -2.31. The fourth-order valence-corrected chi connectivity index (χ4v) is 2.45. The van der Waals surface area contributed by atoms with Crippen LogP contribution >= 0.6 is 0 Å². The van der Waals surface area contributed by atoms with Crippen molar-refractivity contribution in [2.45, 2.75) is 13.0 Å². The molecule has 0 N–H and O–H groups in total. The van der Waals surface area contributed by atoms with Crippen molar-refractivity contribution in [3.63, 3.8) is 0 Å². The van der Waals surface area contributed by atoms with Gasteiger partial charge < -0.3 is 0 Å². The summed E-state index contributed by atoms with van der Waals surface area (Å²) in [7, 11) is 0. The number of carbonyl (C=O) groups is 1. The Bertz CT molecular complexity index is 634. The average Bonchev–Trinajstić information content (AvgIpc) is 2.42. The zero-order valence-electron chi connectivity index (χ0n) is 11.2. The maximum atomic E-state index is 13.3. The molecule has 1 aliphatic heterocycles. The van der Waals surface area contributed by atoms with E-state index in [9.17, 15) is 9.18 Å². The van der Waals surface area contributed by atoms with Crippen LogP contribution in [0.3, 0.4) is 0 Å². The van der Waals surface area contributed by atoms with Gasteiger partial charge in [0.25, 0.3) is 0 Å². The second-order valence-corrected chi connectivity index (χ2v) is 5.13. The second kappa shape index (κ2) is 5.55. The normalized spacial score (nSPS) is 14.8. The van der Waals surface area contributed by atoms with Gasteiger partial charge in [0, 0.05) is 17.7 Å². The average molecular weight is 269 g/mol. The van der Waals surface area contributed by atoms with Crippen molar-refractivity contribution in [1.82, 2.24) is 4.90 Å². The van der Waals surface area contributed by atoms with E-state index in [4.69, 9.17) is 0 Å². The Morgan fingerprint density at radius 1 is 1.10 bits per heavy atom. The molecule has 0 aliphatic carbocycles. The molecular formula is C17H16FNO. The van der Waals surface area contributed by atoms with Gasteiger partial charge in [-0.1, -0.05) is 36.4 Å². The Kier molecular flexibility index (Phi) is 3.61. The third kappa shape index (κ3) is 2.63. The summed E-state index contributed by atoms with van der Waals surface area (Å²) in [6.07, 6.45) is 1.22. The third-order valence-corrected chi connectivity index (χ3v) is 3.69. The van der Waals surface area contributed by atoms with E-state index in [1.807, 2.05) is 24.3 Å². The number of hydrogen-bond donors (Lipinski definition) is 0. The van der Waals surface area contributed by atoms with Crippen LogP contribution in [0.5, 0.6) is 0 Å². The molecule has 0 bridgehead atoms. The lowest BCUT2D eigenvalue weighted by Crippen LogP contribution is -2.36. The van der Waals surface area contributed by atoms with E-state index in [0.717, 1.165) is 25.2 Å². The van der Waals surface area contributed by atoms with Crippen molar-refractivity contribution in [2.24, 2.45) is 0 Å². The zero-order chi connectivity index (χ0) is 13.9. The summed E-state index contributed by atoms with van der Waals surface area (Å²) in [6.45, 7) is 2.96. The molecule has 3 rings (SSSR count). The van der Waals surface area contributed by atoms with Crippen molar-refractivity contribution >= 4 is 5.78 Å². The van der Waals surface area contributed by atoms with Gasteiger partial charge in [-0.05, 0) is 37.2 Å². The Morgan fingerprint density at radius 2 is 1.90 bits per heavy atom. The molecule has 20 heavy (non-hydrogen) atoms. The standard InChI is InChI=1S/C17H16FNO/c18-15-7-3-6-13(11-15)17(20)16-8-2-1-5-14(16)12-19-9-4-10-19/h1-3,5-8,11H,4,9-10,12H2. The maximum absolute atomic E-state index is 13.3. The van der Waals surface area contributed by atoms with Gasteiger partial charge in [-0.3, -0.25) is 9.69 Å². The van der Waals surface area contributed by atoms with Crippen LogP contribution in [0.4, 0.5) is 4.39 Å². The van der Waals surface area contributed by atoms with Crippen molar-refractivity contribution in [3.8, 4) is 0 Å². The molecule has 3 heteroatoms. The summed E-state index contributed by atoms with van der Waals surface area (Å²) in [5, 5.41) is 0. The highest BCUT2D eigenvalue weighted by molar-refractivity contribution is 6.09. The highest BCUT2D eigenvalue weighted by atomic mass is 19.1. The predicted molar refractivity (Wildman–Crippen MR) is 76.2 cm³/mol. The summed E-state index contributed by atoms with van der Waals surface area (Å²) < 4.78 is 13.3. The molecule has 102 valence electrons. The maximum Gasteiger partial charge on any atom is 0.193 e. The summed E-state index contributed by atoms with van der Waals surface area (Å²) in [5.74, 6) is -0.489. The summed E-state index contributed by atoms with van der Waals surface area (Å²) in [4.78, 5) is 14.8. The number of ketones is 1. The van der Waals surface area contributed by atoms with E-state index in [1.165, 1.54) is 18.6 Å². The van der Waals surface area contributed by atoms with E-state index in [0.29, 0.717) is 11.1 Å².